The van der Waals surface area contributed by atoms with Crippen molar-refractivity contribution >= 4 is 33.1 Å². The minimum atomic E-state index is -0.0624. The number of nitrogens with two attached hydrogens (primary N) is 1. The molecule has 1 aliphatic heterocycles. The van der Waals surface area contributed by atoms with Crippen LogP contribution in [0.1, 0.15) is 35.1 Å². The third kappa shape index (κ3) is 2.46. The van der Waals surface area contributed by atoms with Gasteiger partial charge in [0.2, 0.25) is 0 Å². The van der Waals surface area contributed by atoms with Crippen LogP contribution in [0.5, 0.6) is 0 Å². The van der Waals surface area contributed by atoms with Gasteiger partial charge in [-0.2, -0.15) is 0 Å². The van der Waals surface area contributed by atoms with E-state index in [1.807, 2.05) is 6.07 Å². The van der Waals surface area contributed by atoms with E-state index >= 15 is 0 Å². The summed E-state index contributed by atoms with van der Waals surface area (Å²) in [5.74, 6) is -0.0624. The molecular formula is C16H22N4OS. The normalized spacial score (nSPS) is 22.0. The molecule has 5 nitrogen and oxygen atoms in total. The molecule has 3 N–H and O–H groups in total. The van der Waals surface area contributed by atoms with Crippen molar-refractivity contribution in [2.45, 2.75) is 25.2 Å². The van der Waals surface area contributed by atoms with Gasteiger partial charge in [0.25, 0.3) is 5.91 Å². The standard InChI is InChI=1S/C16H22N4OS/c1-16(7-4-8-18-9-16)11-6-5-10-12(17)13(15(21)20(2)3)22-14(10)19-11/h5-6,18H,4,7-9,17H2,1-3H3/t16-/m1/s1. The smallest absolute Gasteiger partial charge is 0.265 e. The Morgan fingerprint density at radius 2 is 2.23 bits per heavy atom. The molecule has 1 amide bonds. The van der Waals surface area contributed by atoms with Gasteiger partial charge in [-0.25, -0.2) is 4.98 Å². The van der Waals surface area contributed by atoms with Crippen LogP contribution in [-0.4, -0.2) is 43.0 Å². The predicted octanol–water partition coefficient (Wildman–Crippen LogP) is 2.22. The second kappa shape index (κ2) is 5.52. The lowest BCUT2D eigenvalue weighted by molar-refractivity contribution is 0.0833. The Morgan fingerprint density at radius 3 is 2.86 bits per heavy atom. The SMILES string of the molecule is CN(C)C(=O)c1sc2nc([C@]3(C)CCCNC3)ccc2c1N. The summed E-state index contributed by atoms with van der Waals surface area (Å²) in [6.07, 6.45) is 2.29. The molecular weight excluding hydrogens is 296 g/mol. The minimum Gasteiger partial charge on any atom is -0.397 e. The highest BCUT2D eigenvalue weighted by Crippen LogP contribution is 2.36. The average molecular weight is 318 g/mol. The molecule has 22 heavy (non-hydrogen) atoms. The topological polar surface area (TPSA) is 71.2 Å². The number of nitrogens with zero attached hydrogens (tertiary/aromatic N) is 2. The van der Waals surface area contributed by atoms with Crippen molar-refractivity contribution in [1.82, 2.24) is 15.2 Å². The molecule has 6 heteroatoms. The van der Waals surface area contributed by atoms with Crippen LogP contribution in [0.4, 0.5) is 5.69 Å². The van der Waals surface area contributed by atoms with Gasteiger partial charge in [-0.15, -0.1) is 11.3 Å². The molecule has 3 rings (SSSR count). The van der Waals surface area contributed by atoms with Crippen molar-refractivity contribution in [3.63, 3.8) is 0 Å². The number of carbonyl (C=O) groups is 1. The van der Waals surface area contributed by atoms with Crippen LogP contribution in [0.25, 0.3) is 10.2 Å². The van der Waals surface area contributed by atoms with Gasteiger partial charge in [0, 0.05) is 37.1 Å². The van der Waals surface area contributed by atoms with Crippen molar-refractivity contribution in [3.8, 4) is 0 Å². The van der Waals surface area contributed by atoms with Crippen molar-refractivity contribution in [2.24, 2.45) is 0 Å². The number of fused-ring (bicyclic) bond motifs is 1. The first-order valence-electron chi connectivity index (χ1n) is 7.54. The zero-order chi connectivity index (χ0) is 15.9. The summed E-state index contributed by atoms with van der Waals surface area (Å²) in [7, 11) is 3.47. The van der Waals surface area contributed by atoms with Crippen LogP contribution in [-0.2, 0) is 5.41 Å². The maximum absolute atomic E-state index is 12.2. The van der Waals surface area contributed by atoms with Gasteiger partial charge in [0.05, 0.1) is 5.69 Å². The van der Waals surface area contributed by atoms with Gasteiger partial charge in [-0.1, -0.05) is 6.92 Å². The summed E-state index contributed by atoms with van der Waals surface area (Å²) in [5.41, 5.74) is 7.83. The van der Waals surface area contributed by atoms with Crippen LogP contribution in [0.2, 0.25) is 0 Å². The molecule has 1 saturated heterocycles. The van der Waals surface area contributed by atoms with E-state index in [-0.39, 0.29) is 11.3 Å². The third-order valence-corrected chi connectivity index (χ3v) is 5.51. The van der Waals surface area contributed by atoms with Crippen molar-refractivity contribution in [1.29, 1.82) is 0 Å². The molecule has 0 aromatic carbocycles. The predicted molar refractivity (Wildman–Crippen MR) is 91.5 cm³/mol. The molecule has 2 aromatic rings. The van der Waals surface area contributed by atoms with Crippen molar-refractivity contribution in [2.75, 3.05) is 32.9 Å². The van der Waals surface area contributed by atoms with Crippen LogP contribution < -0.4 is 11.1 Å². The van der Waals surface area contributed by atoms with E-state index in [0.717, 1.165) is 41.8 Å². The lowest BCUT2D eigenvalue weighted by atomic mass is 9.79. The van der Waals surface area contributed by atoms with Gasteiger partial charge in [-0.3, -0.25) is 4.79 Å². The fourth-order valence-corrected chi connectivity index (χ4v) is 4.09. The number of anilines is 1. The van der Waals surface area contributed by atoms with Gasteiger partial charge in [-0.05, 0) is 31.5 Å². The number of piperidine rings is 1. The number of aromatic nitrogens is 1. The molecule has 1 fully saturated rings. The van der Waals surface area contributed by atoms with E-state index < -0.39 is 0 Å². The lowest BCUT2D eigenvalue weighted by Gasteiger charge is -2.33. The molecule has 0 saturated carbocycles. The maximum Gasteiger partial charge on any atom is 0.265 e. The number of nitrogen functional groups attached to an aromatic ring is 1. The largest absolute Gasteiger partial charge is 0.397 e. The van der Waals surface area contributed by atoms with E-state index in [1.54, 1.807) is 19.0 Å². The number of hydrogen-bond acceptors (Lipinski definition) is 5. The maximum atomic E-state index is 12.2. The Bertz CT molecular complexity index is 716. The number of rotatable bonds is 2. The number of thiophene rings is 1. The second-order valence-electron chi connectivity index (χ2n) is 6.43. The summed E-state index contributed by atoms with van der Waals surface area (Å²) in [4.78, 5) is 20.0. The van der Waals surface area contributed by atoms with Gasteiger partial charge >= 0.3 is 0 Å². The first kappa shape index (κ1) is 15.2. The van der Waals surface area contributed by atoms with Crippen molar-refractivity contribution in [3.05, 3.63) is 22.7 Å². The van der Waals surface area contributed by atoms with Gasteiger partial charge in [0.1, 0.15) is 9.71 Å². The Kier molecular flexibility index (Phi) is 3.82. The number of carbonyl (C=O) groups excluding carboxylic acids is 1. The van der Waals surface area contributed by atoms with Crippen LogP contribution >= 0.6 is 11.3 Å². The van der Waals surface area contributed by atoms with E-state index in [1.165, 1.54) is 11.3 Å². The van der Waals surface area contributed by atoms with E-state index in [4.69, 9.17) is 10.7 Å². The molecule has 1 atom stereocenters. The third-order valence-electron chi connectivity index (χ3n) is 4.41. The highest BCUT2D eigenvalue weighted by atomic mass is 32.1. The van der Waals surface area contributed by atoms with E-state index in [2.05, 4.69) is 18.3 Å². The van der Waals surface area contributed by atoms with Gasteiger partial charge < -0.3 is 16.0 Å². The zero-order valence-corrected chi connectivity index (χ0v) is 14.1. The Labute approximate surface area is 134 Å². The molecule has 0 aliphatic carbocycles. The Morgan fingerprint density at radius 1 is 1.45 bits per heavy atom. The van der Waals surface area contributed by atoms with E-state index in [9.17, 15) is 4.79 Å². The van der Waals surface area contributed by atoms with E-state index in [0.29, 0.717) is 10.6 Å². The van der Waals surface area contributed by atoms with Crippen LogP contribution in [0.3, 0.4) is 0 Å². The average Bonchev–Trinajstić information content (AvgIpc) is 2.84. The molecule has 0 radical (unpaired) electrons. The zero-order valence-electron chi connectivity index (χ0n) is 13.3. The molecule has 118 valence electrons. The number of nitrogens with one attached hydrogen (secondary N) is 1. The summed E-state index contributed by atoms with van der Waals surface area (Å²) in [5, 5.41) is 4.33. The van der Waals surface area contributed by atoms with Crippen LogP contribution in [0, 0.1) is 0 Å². The summed E-state index contributed by atoms with van der Waals surface area (Å²) in [6, 6.07) is 4.07. The van der Waals surface area contributed by atoms with Gasteiger partial charge in [0.15, 0.2) is 0 Å². The molecule has 0 bridgehead atoms. The summed E-state index contributed by atoms with van der Waals surface area (Å²) >= 11 is 1.39. The molecule has 2 aromatic heterocycles. The molecule has 3 heterocycles. The fourth-order valence-electron chi connectivity index (χ4n) is 2.97. The number of pyridine rings is 1. The monoisotopic (exact) mass is 318 g/mol. The Hall–Kier alpha value is -1.66. The number of hydrogen-bond donors (Lipinski definition) is 2. The lowest BCUT2D eigenvalue weighted by Crippen LogP contribution is -2.41. The van der Waals surface area contributed by atoms with Crippen molar-refractivity contribution < 1.29 is 4.79 Å². The molecule has 1 aliphatic rings. The Balaban J connectivity index is 2.05. The first-order valence-corrected chi connectivity index (χ1v) is 8.36. The van der Waals surface area contributed by atoms with Crippen LogP contribution in [0.15, 0.2) is 12.1 Å². The second-order valence-corrected chi connectivity index (χ2v) is 7.43. The highest BCUT2D eigenvalue weighted by Gasteiger charge is 2.31. The summed E-state index contributed by atoms with van der Waals surface area (Å²) in [6.45, 7) is 4.26. The first-order chi connectivity index (χ1) is 10.4. The molecule has 0 unspecified atom stereocenters. The summed E-state index contributed by atoms with van der Waals surface area (Å²) < 4.78 is 0. The number of amides is 1. The molecule has 0 spiro atoms. The highest BCUT2D eigenvalue weighted by molar-refractivity contribution is 7.21. The quantitative estimate of drug-likeness (QED) is 0.891. The fraction of sp³-hybridized carbons (Fsp3) is 0.500. The minimum absolute atomic E-state index is 0.0525.